The topological polar surface area (TPSA) is 75.3 Å². The van der Waals surface area contributed by atoms with Gasteiger partial charge in [0.2, 0.25) is 5.89 Å². The number of hydrogen-bond acceptors (Lipinski definition) is 5. The number of nitrogens with one attached hydrogen (secondary N) is 2. The molecule has 2 N–H and O–H groups in total. The van der Waals surface area contributed by atoms with Crippen LogP contribution in [-0.2, 0) is 19.3 Å². The van der Waals surface area contributed by atoms with Gasteiger partial charge in [0.05, 0.1) is 10.7 Å². The summed E-state index contributed by atoms with van der Waals surface area (Å²) in [6.45, 7) is 3.58. The highest BCUT2D eigenvalue weighted by Crippen LogP contribution is 2.19. The van der Waals surface area contributed by atoms with Crippen molar-refractivity contribution in [3.8, 4) is 11.5 Å². The molecule has 0 aliphatic carbocycles. The zero-order valence-electron chi connectivity index (χ0n) is 16.4. The highest BCUT2D eigenvalue weighted by molar-refractivity contribution is 14.0. The summed E-state index contributed by atoms with van der Waals surface area (Å²) in [4.78, 5) is 14.4. The lowest BCUT2D eigenvalue weighted by molar-refractivity contribution is 0.571. The van der Waals surface area contributed by atoms with Gasteiger partial charge in [-0.25, -0.2) is 14.4 Å². The first kappa shape index (κ1) is 23.3. The van der Waals surface area contributed by atoms with Gasteiger partial charge < -0.3 is 15.1 Å². The predicted octanol–water partition coefficient (Wildman–Crippen LogP) is 4.07. The van der Waals surface area contributed by atoms with Gasteiger partial charge in [-0.1, -0.05) is 6.92 Å². The lowest BCUT2D eigenvalue weighted by Crippen LogP contribution is -2.39. The number of rotatable bonds is 8. The van der Waals surface area contributed by atoms with Crippen molar-refractivity contribution < 1.29 is 8.81 Å². The minimum Gasteiger partial charge on any atom is -0.444 e. The molecule has 0 fully saturated rings. The average Bonchev–Trinajstić information content (AvgIpc) is 3.37. The van der Waals surface area contributed by atoms with Gasteiger partial charge >= 0.3 is 0 Å². The lowest BCUT2D eigenvalue weighted by atomic mass is 10.2. The molecule has 0 unspecified atom stereocenters. The SMILES string of the molecule is CCc1cnc(CCNC(=NC)NCCc2coc(-c3ccc(F)cc3)n2)s1.I. The zero-order chi connectivity index (χ0) is 19.8. The maximum absolute atomic E-state index is 13.0. The summed E-state index contributed by atoms with van der Waals surface area (Å²) < 4.78 is 18.5. The number of aromatic nitrogens is 2. The third-order valence-electron chi connectivity index (χ3n) is 4.12. The van der Waals surface area contributed by atoms with Gasteiger partial charge in [-0.05, 0) is 30.7 Å². The molecule has 2 aromatic heterocycles. The maximum atomic E-state index is 13.0. The fourth-order valence-corrected chi connectivity index (χ4v) is 3.45. The molecule has 3 aromatic rings. The molecule has 0 spiro atoms. The number of aliphatic imine (C=N–C) groups is 1. The second-order valence-electron chi connectivity index (χ2n) is 6.15. The first-order chi connectivity index (χ1) is 13.7. The van der Waals surface area contributed by atoms with Gasteiger partial charge in [0, 0.05) is 49.6 Å². The number of oxazole rings is 1. The van der Waals surface area contributed by atoms with E-state index in [0.29, 0.717) is 18.9 Å². The van der Waals surface area contributed by atoms with Crippen molar-refractivity contribution in [1.82, 2.24) is 20.6 Å². The van der Waals surface area contributed by atoms with E-state index < -0.39 is 0 Å². The van der Waals surface area contributed by atoms with E-state index in [1.807, 2.05) is 6.20 Å². The molecule has 29 heavy (non-hydrogen) atoms. The maximum Gasteiger partial charge on any atom is 0.226 e. The molecule has 0 saturated carbocycles. The highest BCUT2D eigenvalue weighted by atomic mass is 127. The summed E-state index contributed by atoms with van der Waals surface area (Å²) >= 11 is 1.76. The summed E-state index contributed by atoms with van der Waals surface area (Å²) in [7, 11) is 1.75. The number of thiazole rings is 1. The molecule has 6 nitrogen and oxygen atoms in total. The van der Waals surface area contributed by atoms with E-state index in [0.717, 1.165) is 41.6 Å². The van der Waals surface area contributed by atoms with Crippen LogP contribution in [0.3, 0.4) is 0 Å². The van der Waals surface area contributed by atoms with Gasteiger partial charge in [-0.15, -0.1) is 35.3 Å². The predicted molar refractivity (Wildman–Crippen MR) is 126 cm³/mol. The number of nitrogens with zero attached hydrogens (tertiary/aromatic N) is 3. The molecule has 0 atom stereocenters. The van der Waals surface area contributed by atoms with Crippen LogP contribution in [0.15, 0.2) is 46.1 Å². The summed E-state index contributed by atoms with van der Waals surface area (Å²) in [5.74, 6) is 0.959. The third-order valence-corrected chi connectivity index (χ3v) is 5.32. The van der Waals surface area contributed by atoms with Gasteiger partial charge in [0.1, 0.15) is 12.1 Å². The Morgan fingerprint density at radius 2 is 1.90 bits per heavy atom. The van der Waals surface area contributed by atoms with Crippen molar-refractivity contribution in [1.29, 1.82) is 0 Å². The summed E-state index contributed by atoms with van der Waals surface area (Å²) in [6.07, 6.45) is 6.17. The molecule has 156 valence electrons. The van der Waals surface area contributed by atoms with Gasteiger partial charge in [-0.2, -0.15) is 0 Å². The standard InChI is InChI=1S/C20H24FN5OS.HI/c1-3-17-12-25-18(28-17)9-11-24-20(22-2)23-10-8-16-13-27-19(26-16)14-4-6-15(21)7-5-14;/h4-7,12-13H,3,8-11H2,1-2H3,(H2,22,23,24);1H. The summed E-state index contributed by atoms with van der Waals surface area (Å²) in [5.41, 5.74) is 1.59. The molecule has 0 amide bonds. The van der Waals surface area contributed by atoms with Crippen molar-refractivity contribution in [3.05, 3.63) is 58.1 Å². The van der Waals surface area contributed by atoms with Crippen LogP contribution in [0.25, 0.3) is 11.5 Å². The van der Waals surface area contributed by atoms with Crippen LogP contribution >= 0.6 is 35.3 Å². The molecule has 0 bridgehead atoms. The molecule has 0 radical (unpaired) electrons. The van der Waals surface area contributed by atoms with Crippen molar-refractivity contribution >= 4 is 41.3 Å². The number of aryl methyl sites for hydroxylation is 1. The molecule has 9 heteroatoms. The van der Waals surface area contributed by atoms with E-state index in [4.69, 9.17) is 4.42 Å². The minimum absolute atomic E-state index is 0. The summed E-state index contributed by atoms with van der Waals surface area (Å²) in [5, 5.41) is 7.70. The molecule has 1 aromatic carbocycles. The molecular weight excluding hydrogens is 504 g/mol. The first-order valence-electron chi connectivity index (χ1n) is 9.26. The van der Waals surface area contributed by atoms with Crippen molar-refractivity contribution in [3.63, 3.8) is 0 Å². The number of halogens is 2. The van der Waals surface area contributed by atoms with E-state index in [1.54, 1.807) is 36.8 Å². The van der Waals surface area contributed by atoms with Crippen LogP contribution in [0.4, 0.5) is 4.39 Å². The van der Waals surface area contributed by atoms with Crippen LogP contribution < -0.4 is 10.6 Å². The van der Waals surface area contributed by atoms with Crippen LogP contribution in [-0.4, -0.2) is 36.1 Å². The van der Waals surface area contributed by atoms with Gasteiger partial charge in [-0.3, -0.25) is 4.99 Å². The lowest BCUT2D eigenvalue weighted by Gasteiger charge is -2.10. The van der Waals surface area contributed by atoms with E-state index in [9.17, 15) is 4.39 Å². The quantitative estimate of drug-likeness (QED) is 0.262. The smallest absolute Gasteiger partial charge is 0.226 e. The van der Waals surface area contributed by atoms with E-state index >= 15 is 0 Å². The molecule has 0 aliphatic heterocycles. The van der Waals surface area contributed by atoms with E-state index in [2.05, 4.69) is 32.5 Å². The molecule has 0 aliphatic rings. The van der Waals surface area contributed by atoms with Crippen molar-refractivity contribution in [2.45, 2.75) is 26.2 Å². The Bertz CT molecular complexity index is 910. The van der Waals surface area contributed by atoms with Gasteiger partial charge in [0.25, 0.3) is 0 Å². The molecule has 3 rings (SSSR count). The van der Waals surface area contributed by atoms with Crippen LogP contribution in [0.5, 0.6) is 0 Å². The van der Waals surface area contributed by atoms with Crippen molar-refractivity contribution in [2.75, 3.05) is 20.1 Å². The molecule has 2 heterocycles. The third kappa shape index (κ3) is 7.07. The Morgan fingerprint density at radius 3 is 2.55 bits per heavy atom. The fraction of sp³-hybridized carbons (Fsp3) is 0.350. The fourth-order valence-electron chi connectivity index (χ4n) is 2.59. The second-order valence-corrected chi connectivity index (χ2v) is 7.35. The van der Waals surface area contributed by atoms with E-state index in [-0.39, 0.29) is 29.8 Å². The van der Waals surface area contributed by atoms with Crippen LogP contribution in [0.1, 0.15) is 22.5 Å². The van der Waals surface area contributed by atoms with Crippen molar-refractivity contribution in [2.24, 2.45) is 4.99 Å². The Hall–Kier alpha value is -2.01. The minimum atomic E-state index is -0.278. The molecule has 0 saturated heterocycles. The Balaban J connectivity index is 0.00000300. The number of hydrogen-bond donors (Lipinski definition) is 2. The zero-order valence-corrected chi connectivity index (χ0v) is 19.6. The first-order valence-corrected chi connectivity index (χ1v) is 10.1. The van der Waals surface area contributed by atoms with E-state index in [1.165, 1.54) is 17.0 Å². The molecular formula is C20H25FIN5OS. The Morgan fingerprint density at radius 1 is 1.17 bits per heavy atom. The van der Waals surface area contributed by atoms with Gasteiger partial charge in [0.15, 0.2) is 5.96 Å². The normalized spacial score (nSPS) is 11.2. The Kier molecular flexibility index (Phi) is 9.52. The monoisotopic (exact) mass is 529 g/mol. The Labute approximate surface area is 191 Å². The summed E-state index contributed by atoms with van der Waals surface area (Å²) in [6, 6.07) is 6.10. The highest BCUT2D eigenvalue weighted by Gasteiger charge is 2.07. The number of guanidine groups is 1. The van der Waals surface area contributed by atoms with Crippen LogP contribution in [0, 0.1) is 5.82 Å². The number of benzene rings is 1. The van der Waals surface area contributed by atoms with Crippen LogP contribution in [0.2, 0.25) is 0 Å². The average molecular weight is 529 g/mol. The largest absolute Gasteiger partial charge is 0.444 e. The second kappa shape index (κ2) is 11.9.